The zero-order valence-electron chi connectivity index (χ0n) is 22.6. The van der Waals surface area contributed by atoms with Crippen LogP contribution in [0.15, 0.2) is 72.9 Å². The van der Waals surface area contributed by atoms with Crippen LogP contribution in [0.3, 0.4) is 0 Å². The topological polar surface area (TPSA) is 82.6 Å². The maximum Gasteiger partial charge on any atom is 0.253 e. The number of aromatic nitrogens is 1. The van der Waals surface area contributed by atoms with Crippen LogP contribution in [0.2, 0.25) is 0 Å². The second-order valence-electron chi connectivity index (χ2n) is 10.6. The van der Waals surface area contributed by atoms with Crippen molar-refractivity contribution < 1.29 is 13.2 Å². The Labute approximate surface area is 231 Å². The van der Waals surface area contributed by atoms with E-state index in [0.717, 1.165) is 31.6 Å². The SMILES string of the molecule is CC(C)c1ccccc1CN1CCCN(C(=O)c2ccc(NS(=O)(=O)C3CC=Cc4cccnc43)cc2)CC1. The highest BCUT2D eigenvalue weighted by Gasteiger charge is 2.31. The molecule has 0 saturated carbocycles. The molecule has 2 heterocycles. The standard InChI is InChI=1S/C31H36N4O3S/c1-23(2)28-11-4-3-8-26(28)22-34-18-7-19-35(21-20-34)31(36)25-13-15-27(16-14-25)33-39(37,38)29-12-5-9-24-10-6-17-32-30(24)29/h3-6,8-11,13-17,23,29,33H,7,12,18-22H2,1-2H3. The number of carbonyl (C=O) groups is 1. The van der Waals surface area contributed by atoms with Gasteiger partial charge in [-0.3, -0.25) is 19.4 Å². The molecule has 5 rings (SSSR count). The third kappa shape index (κ3) is 6.23. The van der Waals surface area contributed by atoms with Crippen molar-refractivity contribution in [3.8, 4) is 0 Å². The van der Waals surface area contributed by atoms with Crippen LogP contribution in [0.1, 0.15) is 70.6 Å². The third-order valence-corrected chi connectivity index (χ3v) is 9.22. The van der Waals surface area contributed by atoms with Gasteiger partial charge in [0.1, 0.15) is 5.25 Å². The minimum absolute atomic E-state index is 0.0237. The zero-order chi connectivity index (χ0) is 27.4. The van der Waals surface area contributed by atoms with E-state index in [9.17, 15) is 13.2 Å². The molecule has 1 N–H and O–H groups in total. The van der Waals surface area contributed by atoms with Gasteiger partial charge in [-0.05, 0) is 65.8 Å². The fourth-order valence-corrected chi connectivity index (χ4v) is 6.92. The largest absolute Gasteiger partial charge is 0.337 e. The van der Waals surface area contributed by atoms with Gasteiger partial charge < -0.3 is 4.90 Å². The lowest BCUT2D eigenvalue weighted by Gasteiger charge is -2.24. The van der Waals surface area contributed by atoms with Crippen molar-refractivity contribution in [2.45, 2.75) is 44.4 Å². The molecule has 1 aliphatic carbocycles. The number of benzene rings is 2. The number of nitrogens with one attached hydrogen (secondary N) is 1. The monoisotopic (exact) mass is 544 g/mol. The highest BCUT2D eigenvalue weighted by atomic mass is 32.2. The number of nitrogens with zero attached hydrogens (tertiary/aromatic N) is 3. The van der Waals surface area contributed by atoms with Crippen LogP contribution in [0.25, 0.3) is 6.08 Å². The van der Waals surface area contributed by atoms with Crippen molar-refractivity contribution in [3.05, 3.63) is 101 Å². The second kappa shape index (κ2) is 11.7. The first-order valence-electron chi connectivity index (χ1n) is 13.6. The number of fused-ring (bicyclic) bond motifs is 1. The third-order valence-electron chi connectivity index (χ3n) is 7.54. The summed E-state index contributed by atoms with van der Waals surface area (Å²) in [5.74, 6) is 0.454. The summed E-state index contributed by atoms with van der Waals surface area (Å²) in [6, 6.07) is 19.0. The number of rotatable bonds is 7. The molecule has 3 aromatic rings. The van der Waals surface area contributed by atoms with Crippen LogP contribution in [0.5, 0.6) is 0 Å². The van der Waals surface area contributed by atoms with E-state index in [-0.39, 0.29) is 5.91 Å². The van der Waals surface area contributed by atoms with Gasteiger partial charge in [0, 0.05) is 50.2 Å². The molecule has 1 fully saturated rings. The summed E-state index contributed by atoms with van der Waals surface area (Å²) < 4.78 is 29.0. The fraction of sp³-hybridized carbons (Fsp3) is 0.355. The molecule has 1 unspecified atom stereocenters. The molecule has 1 saturated heterocycles. The molecule has 2 aliphatic rings. The smallest absolute Gasteiger partial charge is 0.253 e. The molecule has 7 nitrogen and oxygen atoms in total. The molecule has 0 radical (unpaired) electrons. The maximum absolute atomic E-state index is 13.3. The van der Waals surface area contributed by atoms with E-state index < -0.39 is 15.3 Å². The van der Waals surface area contributed by atoms with Gasteiger partial charge in [-0.15, -0.1) is 0 Å². The first-order valence-corrected chi connectivity index (χ1v) is 15.2. The van der Waals surface area contributed by atoms with Crippen LogP contribution in [0.4, 0.5) is 5.69 Å². The highest BCUT2D eigenvalue weighted by molar-refractivity contribution is 7.93. The quantitative estimate of drug-likeness (QED) is 0.428. The summed E-state index contributed by atoms with van der Waals surface area (Å²) in [5, 5.41) is -0.757. The Morgan fingerprint density at radius 3 is 2.59 bits per heavy atom. The van der Waals surface area contributed by atoms with Crippen LogP contribution in [-0.4, -0.2) is 55.3 Å². The minimum atomic E-state index is -3.71. The first kappa shape index (κ1) is 27.1. The Morgan fingerprint density at radius 2 is 1.79 bits per heavy atom. The fourth-order valence-electron chi connectivity index (χ4n) is 5.46. The van der Waals surface area contributed by atoms with Crippen molar-refractivity contribution in [3.63, 3.8) is 0 Å². The van der Waals surface area contributed by atoms with Gasteiger partial charge in [-0.1, -0.05) is 56.3 Å². The van der Waals surface area contributed by atoms with Gasteiger partial charge in [0.15, 0.2) is 0 Å². The van der Waals surface area contributed by atoms with Gasteiger partial charge in [-0.2, -0.15) is 0 Å². The van der Waals surface area contributed by atoms with Gasteiger partial charge in [-0.25, -0.2) is 8.42 Å². The van der Waals surface area contributed by atoms with Crippen molar-refractivity contribution in [2.24, 2.45) is 0 Å². The molecule has 1 aromatic heterocycles. The van der Waals surface area contributed by atoms with E-state index in [0.29, 0.717) is 42.4 Å². The number of hydrogen-bond acceptors (Lipinski definition) is 5. The van der Waals surface area contributed by atoms with Crippen molar-refractivity contribution in [1.82, 2.24) is 14.8 Å². The lowest BCUT2D eigenvalue weighted by molar-refractivity contribution is 0.0761. The lowest BCUT2D eigenvalue weighted by atomic mass is 9.97. The number of anilines is 1. The van der Waals surface area contributed by atoms with Gasteiger partial charge >= 0.3 is 0 Å². The summed E-state index contributed by atoms with van der Waals surface area (Å²) >= 11 is 0. The normalized spacial score (nSPS) is 18.0. The molecule has 8 heteroatoms. The number of amides is 1. The average Bonchev–Trinajstić information content (AvgIpc) is 3.18. The molecule has 1 atom stereocenters. The van der Waals surface area contributed by atoms with E-state index in [1.54, 1.807) is 36.5 Å². The summed E-state index contributed by atoms with van der Waals surface area (Å²) in [6.45, 7) is 8.48. The predicted molar refractivity (Wildman–Crippen MR) is 156 cm³/mol. The predicted octanol–water partition coefficient (Wildman–Crippen LogP) is 5.45. The van der Waals surface area contributed by atoms with Gasteiger partial charge in [0.05, 0.1) is 5.69 Å². The van der Waals surface area contributed by atoms with Gasteiger partial charge in [0.2, 0.25) is 10.0 Å². The summed E-state index contributed by atoms with van der Waals surface area (Å²) in [4.78, 5) is 22.0. The Bertz CT molecular complexity index is 1450. The Morgan fingerprint density at radius 1 is 1.00 bits per heavy atom. The van der Waals surface area contributed by atoms with Crippen LogP contribution >= 0.6 is 0 Å². The number of allylic oxidation sites excluding steroid dienone is 1. The van der Waals surface area contributed by atoms with E-state index in [1.807, 2.05) is 23.1 Å². The molecule has 2 aromatic carbocycles. The number of hydrogen-bond donors (Lipinski definition) is 1. The number of carbonyl (C=O) groups excluding carboxylic acids is 1. The molecule has 204 valence electrons. The van der Waals surface area contributed by atoms with Gasteiger partial charge in [0.25, 0.3) is 5.91 Å². The summed E-state index contributed by atoms with van der Waals surface area (Å²) in [7, 11) is -3.71. The first-order chi connectivity index (χ1) is 18.8. The van der Waals surface area contributed by atoms with E-state index in [2.05, 4.69) is 52.7 Å². The van der Waals surface area contributed by atoms with E-state index in [1.165, 1.54) is 11.1 Å². The molecule has 39 heavy (non-hydrogen) atoms. The molecule has 1 amide bonds. The lowest BCUT2D eigenvalue weighted by Crippen LogP contribution is -2.35. The molecular formula is C31H36N4O3S. The second-order valence-corrected chi connectivity index (χ2v) is 12.5. The summed E-state index contributed by atoms with van der Waals surface area (Å²) in [5.41, 5.74) is 5.11. The molecule has 0 bridgehead atoms. The van der Waals surface area contributed by atoms with E-state index in [4.69, 9.17) is 0 Å². The average molecular weight is 545 g/mol. The molecule has 1 aliphatic heterocycles. The maximum atomic E-state index is 13.3. The van der Waals surface area contributed by atoms with Crippen LogP contribution in [-0.2, 0) is 16.6 Å². The molecule has 0 spiro atoms. The Hall–Kier alpha value is -3.49. The van der Waals surface area contributed by atoms with E-state index >= 15 is 0 Å². The minimum Gasteiger partial charge on any atom is -0.337 e. The van der Waals surface area contributed by atoms with Crippen molar-refractivity contribution >= 4 is 27.7 Å². The van der Waals surface area contributed by atoms with Crippen molar-refractivity contribution in [1.29, 1.82) is 0 Å². The Balaban J connectivity index is 1.21. The number of sulfonamides is 1. The van der Waals surface area contributed by atoms with Crippen molar-refractivity contribution in [2.75, 3.05) is 30.9 Å². The summed E-state index contributed by atoms with van der Waals surface area (Å²) in [6.07, 6.45) is 6.67. The number of pyridine rings is 1. The molecular weight excluding hydrogens is 508 g/mol. The Kier molecular flexibility index (Phi) is 8.14. The zero-order valence-corrected chi connectivity index (χ0v) is 23.4. The van der Waals surface area contributed by atoms with Crippen LogP contribution in [0, 0.1) is 0 Å². The highest BCUT2D eigenvalue weighted by Crippen LogP contribution is 2.33. The van der Waals surface area contributed by atoms with Crippen LogP contribution < -0.4 is 4.72 Å².